The molecule has 0 saturated heterocycles. The van der Waals surface area contributed by atoms with Gasteiger partial charge in [-0.3, -0.25) is 13.9 Å². The molecule has 0 bridgehead atoms. The molecular formula is C10H10N6O2S. The monoisotopic (exact) mass is 278 g/mol. The third kappa shape index (κ3) is 1.58. The number of nitrogens with one attached hydrogen (secondary N) is 1. The Morgan fingerprint density at radius 1 is 1.32 bits per heavy atom. The van der Waals surface area contributed by atoms with Gasteiger partial charge in [-0.1, -0.05) is 11.3 Å². The van der Waals surface area contributed by atoms with Crippen LogP contribution in [0.1, 0.15) is 0 Å². The highest BCUT2D eigenvalue weighted by atomic mass is 32.1. The van der Waals surface area contributed by atoms with Gasteiger partial charge in [0, 0.05) is 14.1 Å². The van der Waals surface area contributed by atoms with Crippen molar-refractivity contribution in [2.24, 2.45) is 14.1 Å². The lowest BCUT2D eigenvalue weighted by atomic mass is 10.5. The zero-order valence-electron chi connectivity index (χ0n) is 10.2. The van der Waals surface area contributed by atoms with Crippen LogP contribution in [0.2, 0.25) is 0 Å². The molecule has 0 unspecified atom stereocenters. The normalized spacial score (nSPS) is 11.3. The van der Waals surface area contributed by atoms with Gasteiger partial charge in [0.2, 0.25) is 0 Å². The fraction of sp³-hybridized carbons (Fsp3) is 0.200. The number of fused-ring (bicyclic) bond motifs is 1. The number of aromatic amines is 1. The van der Waals surface area contributed by atoms with E-state index in [1.807, 2.05) is 0 Å². The number of anilines is 1. The molecule has 0 aliphatic carbocycles. The Morgan fingerprint density at radius 3 is 2.68 bits per heavy atom. The van der Waals surface area contributed by atoms with Gasteiger partial charge in [-0.05, 0) is 0 Å². The molecular weight excluding hydrogens is 268 g/mol. The minimum Gasteiger partial charge on any atom is -0.375 e. The van der Waals surface area contributed by atoms with Crippen molar-refractivity contribution in [1.82, 2.24) is 24.1 Å². The molecule has 0 aliphatic heterocycles. The first-order chi connectivity index (χ1) is 8.99. The lowest BCUT2D eigenvalue weighted by molar-refractivity contribution is 0.709. The van der Waals surface area contributed by atoms with Crippen LogP contribution >= 0.6 is 11.3 Å². The van der Waals surface area contributed by atoms with Gasteiger partial charge >= 0.3 is 5.69 Å². The number of thiazole rings is 1. The Hall–Kier alpha value is -2.42. The predicted octanol–water partition coefficient (Wildman–Crippen LogP) is -0.334. The molecule has 0 spiro atoms. The van der Waals surface area contributed by atoms with Gasteiger partial charge in [0.15, 0.2) is 16.6 Å². The van der Waals surface area contributed by atoms with Crippen LogP contribution in [0.5, 0.6) is 0 Å². The summed E-state index contributed by atoms with van der Waals surface area (Å²) in [6.07, 6.45) is 1.57. The summed E-state index contributed by atoms with van der Waals surface area (Å²) in [5.41, 5.74) is 5.34. The second-order valence-corrected chi connectivity index (χ2v) is 5.11. The molecule has 3 heterocycles. The summed E-state index contributed by atoms with van der Waals surface area (Å²) in [7, 11) is 2.99. The molecule has 3 aromatic rings. The van der Waals surface area contributed by atoms with Crippen molar-refractivity contribution in [2.45, 2.75) is 0 Å². The molecule has 0 saturated carbocycles. The molecule has 0 aliphatic rings. The molecule has 98 valence electrons. The summed E-state index contributed by atoms with van der Waals surface area (Å²) in [5.74, 6) is 0.475. The maximum atomic E-state index is 12.0. The highest BCUT2D eigenvalue weighted by molar-refractivity contribution is 7.18. The number of aryl methyl sites for hydroxylation is 1. The first kappa shape index (κ1) is 11.7. The minimum atomic E-state index is -0.417. The Labute approximate surface area is 110 Å². The van der Waals surface area contributed by atoms with Crippen molar-refractivity contribution >= 4 is 27.6 Å². The molecule has 9 heteroatoms. The number of H-pyrrole nitrogens is 1. The van der Waals surface area contributed by atoms with Crippen molar-refractivity contribution in [1.29, 1.82) is 0 Å². The van der Waals surface area contributed by atoms with E-state index in [4.69, 9.17) is 5.73 Å². The van der Waals surface area contributed by atoms with Crippen molar-refractivity contribution in [3.05, 3.63) is 27.0 Å². The van der Waals surface area contributed by atoms with E-state index in [1.54, 1.807) is 13.2 Å². The standard InChI is InChI=1S/C10H10N6O2S/c1-15-7-5(8(17)16(2)10(15)18)13-6(14-7)4-3-12-9(11)19-4/h3H,1-2H3,(H2,11,12)(H,13,14). The van der Waals surface area contributed by atoms with E-state index in [2.05, 4.69) is 15.0 Å². The summed E-state index contributed by atoms with van der Waals surface area (Å²) in [4.78, 5) is 35.6. The summed E-state index contributed by atoms with van der Waals surface area (Å²) in [6.45, 7) is 0. The summed E-state index contributed by atoms with van der Waals surface area (Å²) >= 11 is 1.25. The van der Waals surface area contributed by atoms with Crippen molar-refractivity contribution in [3.8, 4) is 10.7 Å². The van der Waals surface area contributed by atoms with Crippen LogP contribution in [-0.4, -0.2) is 24.1 Å². The molecule has 0 amide bonds. The Bertz CT molecular complexity index is 899. The highest BCUT2D eigenvalue weighted by Gasteiger charge is 2.15. The number of aromatic nitrogens is 5. The number of nitrogens with two attached hydrogens (primary N) is 1. The zero-order chi connectivity index (χ0) is 13.7. The van der Waals surface area contributed by atoms with Gasteiger partial charge in [0.1, 0.15) is 5.52 Å². The van der Waals surface area contributed by atoms with Crippen LogP contribution < -0.4 is 17.0 Å². The molecule has 19 heavy (non-hydrogen) atoms. The van der Waals surface area contributed by atoms with E-state index < -0.39 is 11.2 Å². The van der Waals surface area contributed by atoms with Crippen LogP contribution in [0.3, 0.4) is 0 Å². The minimum absolute atomic E-state index is 0.284. The predicted molar refractivity (Wildman–Crippen MR) is 72.1 cm³/mol. The highest BCUT2D eigenvalue weighted by Crippen LogP contribution is 2.25. The van der Waals surface area contributed by atoms with E-state index in [1.165, 1.54) is 23.0 Å². The summed E-state index contributed by atoms with van der Waals surface area (Å²) < 4.78 is 2.35. The molecule has 0 radical (unpaired) electrons. The average molecular weight is 278 g/mol. The van der Waals surface area contributed by atoms with Gasteiger partial charge in [-0.15, -0.1) is 0 Å². The summed E-state index contributed by atoms with van der Waals surface area (Å²) in [6, 6.07) is 0. The maximum absolute atomic E-state index is 12.0. The maximum Gasteiger partial charge on any atom is 0.332 e. The quantitative estimate of drug-likeness (QED) is 0.633. The van der Waals surface area contributed by atoms with E-state index in [0.29, 0.717) is 21.5 Å². The average Bonchev–Trinajstić information content (AvgIpc) is 3.00. The second-order valence-electron chi connectivity index (χ2n) is 4.05. The van der Waals surface area contributed by atoms with Gasteiger partial charge < -0.3 is 10.7 Å². The van der Waals surface area contributed by atoms with Crippen LogP contribution in [0, 0.1) is 0 Å². The van der Waals surface area contributed by atoms with Crippen LogP contribution in [0.25, 0.3) is 21.9 Å². The number of hydrogen-bond acceptors (Lipinski definition) is 6. The van der Waals surface area contributed by atoms with Gasteiger partial charge in [0.05, 0.1) is 11.1 Å². The van der Waals surface area contributed by atoms with E-state index in [9.17, 15) is 9.59 Å². The topological polar surface area (TPSA) is 112 Å². The first-order valence-corrected chi connectivity index (χ1v) is 6.18. The molecule has 8 nitrogen and oxygen atoms in total. The van der Waals surface area contributed by atoms with Crippen molar-refractivity contribution in [2.75, 3.05) is 5.73 Å². The molecule has 3 aromatic heterocycles. The zero-order valence-corrected chi connectivity index (χ0v) is 11.0. The third-order valence-electron chi connectivity index (χ3n) is 2.85. The number of rotatable bonds is 1. The van der Waals surface area contributed by atoms with E-state index in [0.717, 1.165) is 4.57 Å². The Morgan fingerprint density at radius 2 is 2.05 bits per heavy atom. The molecule has 3 rings (SSSR count). The van der Waals surface area contributed by atoms with Gasteiger partial charge in [-0.2, -0.15) is 0 Å². The van der Waals surface area contributed by atoms with Crippen LogP contribution in [0.4, 0.5) is 5.13 Å². The molecule has 0 aromatic carbocycles. The van der Waals surface area contributed by atoms with Gasteiger partial charge in [-0.25, -0.2) is 14.8 Å². The van der Waals surface area contributed by atoms with Crippen molar-refractivity contribution < 1.29 is 0 Å². The molecule has 3 N–H and O–H groups in total. The van der Waals surface area contributed by atoms with E-state index >= 15 is 0 Å². The lowest BCUT2D eigenvalue weighted by Gasteiger charge is -2.00. The first-order valence-electron chi connectivity index (χ1n) is 5.36. The van der Waals surface area contributed by atoms with Gasteiger partial charge in [0.25, 0.3) is 5.56 Å². The van der Waals surface area contributed by atoms with Crippen molar-refractivity contribution in [3.63, 3.8) is 0 Å². The second kappa shape index (κ2) is 3.79. The summed E-state index contributed by atoms with van der Waals surface area (Å²) in [5, 5.41) is 0.414. The fourth-order valence-electron chi connectivity index (χ4n) is 1.84. The number of imidazole rings is 1. The third-order valence-corrected chi connectivity index (χ3v) is 3.68. The Kier molecular flexibility index (Phi) is 2.32. The number of nitrogens with zero attached hydrogens (tertiary/aromatic N) is 4. The van der Waals surface area contributed by atoms with Crippen LogP contribution in [-0.2, 0) is 14.1 Å². The SMILES string of the molecule is Cn1c(=O)c2[nH]c(-c3cnc(N)s3)nc2n(C)c1=O. The van der Waals surface area contributed by atoms with E-state index in [-0.39, 0.29) is 5.52 Å². The molecule has 0 atom stereocenters. The lowest BCUT2D eigenvalue weighted by Crippen LogP contribution is -2.36. The van der Waals surface area contributed by atoms with Crippen LogP contribution in [0.15, 0.2) is 15.8 Å². The Balaban J connectivity index is 2.39. The number of hydrogen-bond donors (Lipinski definition) is 2. The largest absolute Gasteiger partial charge is 0.375 e. The molecule has 0 fully saturated rings. The fourth-order valence-corrected chi connectivity index (χ4v) is 2.47. The number of nitrogen functional groups attached to an aromatic ring is 1. The smallest absolute Gasteiger partial charge is 0.332 e.